The number of aromatic nitrogens is 2. The van der Waals surface area contributed by atoms with Crippen molar-refractivity contribution < 1.29 is 13.9 Å². The molecule has 0 saturated carbocycles. The molecule has 92 valence electrons. The summed E-state index contributed by atoms with van der Waals surface area (Å²) in [4.78, 5) is 6.73. The highest BCUT2D eigenvalue weighted by molar-refractivity contribution is 5.75. The molecule has 17 heavy (non-hydrogen) atoms. The van der Waals surface area contributed by atoms with E-state index in [1.165, 1.54) is 0 Å². The van der Waals surface area contributed by atoms with Gasteiger partial charge in [-0.3, -0.25) is 0 Å². The largest absolute Gasteiger partial charge is 0.388 e. The normalized spacial score (nSPS) is 15.1. The van der Waals surface area contributed by atoms with Gasteiger partial charge >= 0.3 is 0 Å². The predicted octanol–water partition coefficient (Wildman–Crippen LogP) is 1.09. The average Bonchev–Trinajstić information content (AvgIpc) is 2.59. The van der Waals surface area contributed by atoms with Crippen LogP contribution in [-0.4, -0.2) is 27.2 Å². The van der Waals surface area contributed by atoms with E-state index in [0.29, 0.717) is 5.82 Å². The number of fused-ring (bicyclic) bond motifs is 1. The molecule has 1 heterocycles. The lowest BCUT2D eigenvalue weighted by Gasteiger charge is -2.18. The minimum Gasteiger partial charge on any atom is -0.388 e. The van der Waals surface area contributed by atoms with Crippen molar-refractivity contribution in [2.75, 3.05) is 6.54 Å². The molecule has 0 spiro atoms. The van der Waals surface area contributed by atoms with Crippen molar-refractivity contribution in [2.24, 2.45) is 5.73 Å². The summed E-state index contributed by atoms with van der Waals surface area (Å²) in [6.45, 7) is 1.61. The van der Waals surface area contributed by atoms with Gasteiger partial charge in [0.25, 0.3) is 0 Å². The number of nitrogens with zero attached hydrogens (tertiary/aromatic N) is 1. The van der Waals surface area contributed by atoms with Gasteiger partial charge in [0, 0.05) is 19.0 Å². The van der Waals surface area contributed by atoms with Gasteiger partial charge in [0.1, 0.15) is 17.2 Å². The molecule has 0 bridgehead atoms. The van der Waals surface area contributed by atoms with Gasteiger partial charge in [-0.1, -0.05) is 0 Å². The van der Waals surface area contributed by atoms with Gasteiger partial charge in [-0.05, 0) is 13.0 Å². The Morgan fingerprint density at radius 1 is 1.47 bits per heavy atom. The molecule has 6 heteroatoms. The fourth-order valence-electron chi connectivity index (χ4n) is 1.61. The van der Waals surface area contributed by atoms with Gasteiger partial charge in [0.15, 0.2) is 5.82 Å². The highest BCUT2D eigenvalue weighted by Gasteiger charge is 2.21. The lowest BCUT2D eigenvalue weighted by molar-refractivity contribution is 0.0678. The second kappa shape index (κ2) is 4.05. The molecule has 0 aliphatic heterocycles. The van der Waals surface area contributed by atoms with Crippen LogP contribution in [0.1, 0.15) is 12.7 Å². The van der Waals surface area contributed by atoms with Crippen molar-refractivity contribution >= 4 is 11.0 Å². The molecule has 1 aromatic carbocycles. The van der Waals surface area contributed by atoms with Crippen molar-refractivity contribution in [3.05, 3.63) is 29.6 Å². The van der Waals surface area contributed by atoms with E-state index in [9.17, 15) is 13.9 Å². The maximum Gasteiger partial charge on any atom is 0.153 e. The second-order valence-electron chi connectivity index (χ2n) is 4.35. The third kappa shape index (κ3) is 2.42. The lowest BCUT2D eigenvalue weighted by Crippen LogP contribution is -2.36. The number of aromatic amines is 1. The van der Waals surface area contributed by atoms with Gasteiger partial charge in [0.05, 0.1) is 11.1 Å². The Balaban J connectivity index is 2.42. The molecule has 4 nitrogen and oxygen atoms in total. The second-order valence-corrected chi connectivity index (χ2v) is 4.35. The van der Waals surface area contributed by atoms with Gasteiger partial charge in [-0.25, -0.2) is 13.8 Å². The lowest BCUT2D eigenvalue weighted by atomic mass is 10.0. The van der Waals surface area contributed by atoms with Crippen molar-refractivity contribution in [3.63, 3.8) is 0 Å². The molecule has 0 fully saturated rings. The molecular weight excluding hydrogens is 228 g/mol. The van der Waals surface area contributed by atoms with E-state index in [1.54, 1.807) is 6.92 Å². The summed E-state index contributed by atoms with van der Waals surface area (Å²) in [5.41, 5.74) is 4.59. The fourth-order valence-corrected chi connectivity index (χ4v) is 1.61. The summed E-state index contributed by atoms with van der Waals surface area (Å²) in [5.74, 6) is -1.02. The Kier molecular flexibility index (Phi) is 2.84. The van der Waals surface area contributed by atoms with Crippen LogP contribution in [0.25, 0.3) is 11.0 Å². The van der Waals surface area contributed by atoms with Crippen molar-refractivity contribution in [3.8, 4) is 0 Å². The van der Waals surface area contributed by atoms with Crippen LogP contribution in [0, 0.1) is 11.6 Å². The number of halogens is 2. The summed E-state index contributed by atoms with van der Waals surface area (Å²) < 4.78 is 26.3. The molecule has 1 unspecified atom stereocenters. The zero-order chi connectivity index (χ0) is 12.6. The quantitative estimate of drug-likeness (QED) is 0.753. The number of benzene rings is 1. The minimum absolute atomic E-state index is 0.0564. The zero-order valence-electron chi connectivity index (χ0n) is 9.30. The number of nitrogens with one attached hydrogen (secondary N) is 1. The Morgan fingerprint density at radius 2 is 2.18 bits per heavy atom. The number of H-pyrrole nitrogens is 1. The summed E-state index contributed by atoms with van der Waals surface area (Å²) in [5, 5.41) is 9.77. The van der Waals surface area contributed by atoms with Crippen LogP contribution >= 0.6 is 0 Å². The summed E-state index contributed by atoms with van der Waals surface area (Å²) in [6, 6.07) is 1.93. The highest BCUT2D eigenvalue weighted by Crippen LogP contribution is 2.19. The number of hydrogen-bond donors (Lipinski definition) is 3. The van der Waals surface area contributed by atoms with E-state index < -0.39 is 17.2 Å². The zero-order valence-corrected chi connectivity index (χ0v) is 9.30. The first kappa shape index (κ1) is 11.9. The first-order valence-electron chi connectivity index (χ1n) is 5.17. The van der Waals surface area contributed by atoms with Gasteiger partial charge < -0.3 is 15.8 Å². The van der Waals surface area contributed by atoms with E-state index >= 15 is 0 Å². The van der Waals surface area contributed by atoms with Crippen LogP contribution < -0.4 is 5.73 Å². The number of hydrogen-bond acceptors (Lipinski definition) is 3. The maximum absolute atomic E-state index is 13.4. The molecule has 0 aliphatic carbocycles. The number of nitrogens with two attached hydrogens (primary N) is 1. The van der Waals surface area contributed by atoms with Crippen LogP contribution in [0.15, 0.2) is 12.1 Å². The van der Waals surface area contributed by atoms with Gasteiger partial charge in [0.2, 0.25) is 0 Å². The summed E-state index contributed by atoms with van der Waals surface area (Å²) >= 11 is 0. The standard InChI is InChI=1S/C11H13F2N3O/c1-11(17,5-14)4-9-15-8-3-6(12)2-7(13)10(8)16-9/h2-3,17H,4-5,14H2,1H3,(H,15,16). The molecule has 2 aromatic rings. The first-order valence-corrected chi connectivity index (χ1v) is 5.17. The topological polar surface area (TPSA) is 74.9 Å². The first-order chi connectivity index (χ1) is 7.91. The average molecular weight is 241 g/mol. The monoisotopic (exact) mass is 241 g/mol. The molecule has 1 atom stereocenters. The predicted molar refractivity (Wildman–Crippen MR) is 59.4 cm³/mol. The van der Waals surface area contributed by atoms with Crippen LogP contribution in [0.5, 0.6) is 0 Å². The Bertz CT molecular complexity index is 551. The van der Waals surface area contributed by atoms with E-state index in [4.69, 9.17) is 5.73 Å². The smallest absolute Gasteiger partial charge is 0.153 e. The molecule has 0 aliphatic rings. The van der Waals surface area contributed by atoms with Gasteiger partial charge in [-0.15, -0.1) is 0 Å². The van der Waals surface area contributed by atoms with E-state index in [2.05, 4.69) is 9.97 Å². The highest BCUT2D eigenvalue weighted by atomic mass is 19.1. The molecule has 4 N–H and O–H groups in total. The molecular formula is C11H13F2N3O. The van der Waals surface area contributed by atoms with Gasteiger partial charge in [-0.2, -0.15) is 0 Å². The Labute approximate surface area is 96.5 Å². The molecule has 0 saturated heterocycles. The number of aliphatic hydroxyl groups is 1. The number of imidazole rings is 1. The Hall–Kier alpha value is -1.53. The van der Waals surface area contributed by atoms with Crippen LogP contribution in [0.2, 0.25) is 0 Å². The van der Waals surface area contributed by atoms with Crippen LogP contribution in [0.4, 0.5) is 8.78 Å². The van der Waals surface area contributed by atoms with Crippen molar-refractivity contribution in [1.29, 1.82) is 0 Å². The molecule has 0 radical (unpaired) electrons. The molecule has 2 rings (SSSR count). The summed E-state index contributed by atoms with van der Waals surface area (Å²) in [6.07, 6.45) is 0.152. The minimum atomic E-state index is -1.12. The van der Waals surface area contributed by atoms with Crippen LogP contribution in [0.3, 0.4) is 0 Å². The van der Waals surface area contributed by atoms with E-state index in [-0.39, 0.29) is 24.0 Å². The fraction of sp³-hybridized carbons (Fsp3) is 0.364. The van der Waals surface area contributed by atoms with Crippen molar-refractivity contribution in [1.82, 2.24) is 9.97 Å². The van der Waals surface area contributed by atoms with E-state index in [0.717, 1.165) is 12.1 Å². The number of rotatable bonds is 3. The molecule has 1 aromatic heterocycles. The third-order valence-corrected chi connectivity index (χ3v) is 2.54. The molecule has 0 amide bonds. The van der Waals surface area contributed by atoms with E-state index in [1.807, 2.05) is 0 Å². The van der Waals surface area contributed by atoms with Crippen LogP contribution in [-0.2, 0) is 6.42 Å². The third-order valence-electron chi connectivity index (χ3n) is 2.54. The maximum atomic E-state index is 13.4. The summed E-state index contributed by atoms with van der Waals surface area (Å²) in [7, 11) is 0. The van der Waals surface area contributed by atoms with Crippen molar-refractivity contribution in [2.45, 2.75) is 18.9 Å². The SMILES string of the molecule is CC(O)(CN)Cc1nc2c(F)cc(F)cc2[nH]1. The Morgan fingerprint density at radius 3 is 2.82 bits per heavy atom.